The van der Waals surface area contributed by atoms with Gasteiger partial charge in [0.15, 0.2) is 0 Å². The van der Waals surface area contributed by atoms with Crippen molar-refractivity contribution in [2.24, 2.45) is 0 Å². The topological polar surface area (TPSA) is 83.1 Å². The maximum atomic E-state index is 12.1. The molecule has 0 radical (unpaired) electrons. The molecule has 1 heterocycles. The molecule has 0 aliphatic rings. The monoisotopic (exact) mass is 404 g/mol. The summed E-state index contributed by atoms with van der Waals surface area (Å²) in [7, 11) is 0. The fourth-order valence-corrected chi connectivity index (χ4v) is 2.54. The van der Waals surface area contributed by atoms with Crippen LogP contribution in [0.4, 0.5) is 11.4 Å². The average Bonchev–Trinajstić information content (AvgIpc) is 2.58. The molecule has 1 aromatic carbocycles. The van der Waals surface area contributed by atoms with Crippen LogP contribution >= 0.6 is 15.9 Å². The maximum Gasteiger partial charge on any atom is 0.269 e. The average molecular weight is 405 g/mol. The fraction of sp³-hybridized carbons (Fsp3) is 0.278. The highest BCUT2D eigenvalue weighted by Gasteiger charge is 2.08. The Morgan fingerprint density at radius 2 is 2.00 bits per heavy atom. The zero-order chi connectivity index (χ0) is 18.2. The van der Waals surface area contributed by atoms with Crippen molar-refractivity contribution in [2.75, 3.05) is 23.7 Å². The van der Waals surface area contributed by atoms with E-state index in [0.29, 0.717) is 25.2 Å². The standard InChI is InChI=1S/C18H21BrN4O2/c1-3-20-18(25)16-11-14(6-8-22-16)21-9-7-17(24)23-15-10-13(19)5-4-12(15)2/h4-6,8,10-11H,3,7,9H2,1-2H3,(H,20,25)(H,21,22)(H,23,24). The van der Waals surface area contributed by atoms with Crippen LogP contribution in [0.1, 0.15) is 29.4 Å². The number of carbonyl (C=O) groups excluding carboxylic acids is 2. The smallest absolute Gasteiger partial charge is 0.269 e. The van der Waals surface area contributed by atoms with Crippen LogP contribution in [0.15, 0.2) is 41.0 Å². The highest BCUT2D eigenvalue weighted by Crippen LogP contribution is 2.20. The quantitative estimate of drug-likeness (QED) is 0.660. The van der Waals surface area contributed by atoms with E-state index in [9.17, 15) is 9.59 Å². The number of carbonyl (C=O) groups is 2. The van der Waals surface area contributed by atoms with Gasteiger partial charge < -0.3 is 16.0 Å². The van der Waals surface area contributed by atoms with Gasteiger partial charge in [-0.2, -0.15) is 0 Å². The number of aryl methyl sites for hydroxylation is 1. The van der Waals surface area contributed by atoms with Crippen LogP contribution in [0.25, 0.3) is 0 Å². The van der Waals surface area contributed by atoms with Gasteiger partial charge in [-0.15, -0.1) is 0 Å². The summed E-state index contributed by atoms with van der Waals surface area (Å²) in [5.74, 6) is -0.291. The Labute approximate surface area is 155 Å². The van der Waals surface area contributed by atoms with Gasteiger partial charge in [0.25, 0.3) is 5.91 Å². The number of hydrogen-bond donors (Lipinski definition) is 3. The number of rotatable bonds is 7. The molecule has 132 valence electrons. The SMILES string of the molecule is CCNC(=O)c1cc(NCCC(=O)Nc2cc(Br)ccc2C)ccn1. The summed E-state index contributed by atoms with van der Waals surface area (Å²) in [6.07, 6.45) is 1.88. The first-order valence-electron chi connectivity index (χ1n) is 8.03. The molecule has 7 heteroatoms. The lowest BCUT2D eigenvalue weighted by Gasteiger charge is -2.10. The predicted octanol–water partition coefficient (Wildman–Crippen LogP) is 3.34. The summed E-state index contributed by atoms with van der Waals surface area (Å²) < 4.78 is 0.918. The molecule has 2 rings (SSSR count). The van der Waals surface area contributed by atoms with Gasteiger partial charge >= 0.3 is 0 Å². The van der Waals surface area contributed by atoms with Gasteiger partial charge in [-0.1, -0.05) is 22.0 Å². The summed E-state index contributed by atoms with van der Waals surface area (Å²) in [6, 6.07) is 9.18. The number of benzene rings is 1. The molecule has 1 aromatic heterocycles. The van der Waals surface area contributed by atoms with E-state index >= 15 is 0 Å². The molecule has 0 atom stereocenters. The molecule has 0 spiro atoms. The predicted molar refractivity (Wildman–Crippen MR) is 103 cm³/mol. The molecule has 0 aliphatic carbocycles. The van der Waals surface area contributed by atoms with E-state index in [4.69, 9.17) is 0 Å². The number of aromatic nitrogens is 1. The first-order valence-corrected chi connectivity index (χ1v) is 8.83. The maximum absolute atomic E-state index is 12.1. The largest absolute Gasteiger partial charge is 0.384 e. The van der Waals surface area contributed by atoms with E-state index < -0.39 is 0 Å². The minimum absolute atomic E-state index is 0.0771. The van der Waals surface area contributed by atoms with Crippen LogP contribution in [0, 0.1) is 6.92 Å². The second kappa shape index (κ2) is 9.17. The Bertz CT molecular complexity index is 764. The summed E-state index contributed by atoms with van der Waals surface area (Å²) in [4.78, 5) is 27.9. The third-order valence-electron chi connectivity index (χ3n) is 3.48. The van der Waals surface area contributed by atoms with Gasteiger partial charge in [0.1, 0.15) is 5.69 Å². The number of halogens is 1. The van der Waals surface area contributed by atoms with Crippen molar-refractivity contribution in [3.8, 4) is 0 Å². The zero-order valence-corrected chi connectivity index (χ0v) is 15.8. The Morgan fingerprint density at radius 3 is 2.76 bits per heavy atom. The van der Waals surface area contributed by atoms with E-state index in [2.05, 4.69) is 36.9 Å². The zero-order valence-electron chi connectivity index (χ0n) is 14.2. The van der Waals surface area contributed by atoms with Crippen molar-refractivity contribution in [1.29, 1.82) is 0 Å². The van der Waals surface area contributed by atoms with Crippen molar-refractivity contribution in [3.05, 3.63) is 52.3 Å². The third kappa shape index (κ3) is 5.86. The summed E-state index contributed by atoms with van der Waals surface area (Å²) in [5, 5.41) is 8.74. The lowest BCUT2D eigenvalue weighted by atomic mass is 10.2. The molecule has 25 heavy (non-hydrogen) atoms. The Kier molecular flexibility index (Phi) is 6.94. The number of pyridine rings is 1. The second-order valence-electron chi connectivity index (χ2n) is 5.47. The molecular formula is C18H21BrN4O2. The number of nitrogens with one attached hydrogen (secondary N) is 3. The van der Waals surface area contributed by atoms with Crippen molar-refractivity contribution < 1.29 is 9.59 Å². The molecule has 0 unspecified atom stereocenters. The molecule has 2 amide bonds. The normalized spacial score (nSPS) is 10.2. The molecular weight excluding hydrogens is 384 g/mol. The van der Waals surface area contributed by atoms with Crippen LogP contribution in [-0.2, 0) is 4.79 Å². The van der Waals surface area contributed by atoms with Crippen molar-refractivity contribution in [2.45, 2.75) is 20.3 Å². The second-order valence-corrected chi connectivity index (χ2v) is 6.39. The first-order chi connectivity index (χ1) is 12.0. The highest BCUT2D eigenvalue weighted by atomic mass is 79.9. The molecule has 6 nitrogen and oxygen atoms in total. The molecule has 0 fully saturated rings. The van der Waals surface area contributed by atoms with Crippen LogP contribution < -0.4 is 16.0 Å². The summed E-state index contributed by atoms with van der Waals surface area (Å²) in [5.41, 5.74) is 2.90. The summed E-state index contributed by atoms with van der Waals surface area (Å²) >= 11 is 3.40. The molecule has 2 aromatic rings. The van der Waals surface area contributed by atoms with Crippen LogP contribution in [-0.4, -0.2) is 29.9 Å². The molecule has 0 saturated carbocycles. The number of anilines is 2. The van der Waals surface area contributed by atoms with Gasteiger partial charge in [-0.25, -0.2) is 0 Å². The van der Waals surface area contributed by atoms with E-state index in [0.717, 1.165) is 21.4 Å². The molecule has 0 bridgehead atoms. The van der Waals surface area contributed by atoms with Gasteiger partial charge in [-0.3, -0.25) is 14.6 Å². The van der Waals surface area contributed by atoms with Crippen LogP contribution in [0.5, 0.6) is 0 Å². The van der Waals surface area contributed by atoms with Crippen LogP contribution in [0.2, 0.25) is 0 Å². The van der Waals surface area contributed by atoms with Crippen molar-refractivity contribution >= 4 is 39.1 Å². The van der Waals surface area contributed by atoms with E-state index in [1.165, 1.54) is 0 Å². The Balaban J connectivity index is 1.86. The lowest BCUT2D eigenvalue weighted by Crippen LogP contribution is -2.23. The van der Waals surface area contributed by atoms with Gasteiger partial charge in [-0.05, 0) is 43.7 Å². The van der Waals surface area contributed by atoms with E-state index in [1.54, 1.807) is 18.3 Å². The minimum Gasteiger partial charge on any atom is -0.384 e. The Hall–Kier alpha value is -2.41. The first kappa shape index (κ1) is 18.9. The Morgan fingerprint density at radius 1 is 1.20 bits per heavy atom. The van der Waals surface area contributed by atoms with Gasteiger partial charge in [0, 0.05) is 41.6 Å². The van der Waals surface area contributed by atoms with Gasteiger partial charge in [0.2, 0.25) is 5.91 Å². The number of nitrogens with zero attached hydrogens (tertiary/aromatic N) is 1. The van der Waals surface area contributed by atoms with E-state index in [-0.39, 0.29) is 11.8 Å². The lowest BCUT2D eigenvalue weighted by molar-refractivity contribution is -0.115. The number of hydrogen-bond acceptors (Lipinski definition) is 4. The highest BCUT2D eigenvalue weighted by molar-refractivity contribution is 9.10. The molecule has 0 aliphatic heterocycles. The third-order valence-corrected chi connectivity index (χ3v) is 3.98. The van der Waals surface area contributed by atoms with Gasteiger partial charge in [0.05, 0.1) is 0 Å². The molecule has 0 saturated heterocycles. The molecule has 3 N–H and O–H groups in total. The van der Waals surface area contributed by atoms with Crippen molar-refractivity contribution in [3.63, 3.8) is 0 Å². The number of amides is 2. The minimum atomic E-state index is -0.214. The van der Waals surface area contributed by atoms with Crippen molar-refractivity contribution in [1.82, 2.24) is 10.3 Å². The van der Waals surface area contributed by atoms with Crippen LogP contribution in [0.3, 0.4) is 0 Å². The summed E-state index contributed by atoms with van der Waals surface area (Å²) in [6.45, 7) is 4.80. The fourth-order valence-electron chi connectivity index (χ4n) is 2.18. The van der Waals surface area contributed by atoms with E-state index in [1.807, 2.05) is 32.0 Å².